The minimum Gasteiger partial charge on any atom is -0.465 e. The molecule has 10 heavy (non-hydrogen) atoms. The van der Waals surface area contributed by atoms with Crippen molar-refractivity contribution in [2.45, 2.75) is 33.3 Å². The molecule has 0 amide bonds. The van der Waals surface area contributed by atoms with E-state index in [0.29, 0.717) is 6.47 Å². The van der Waals surface area contributed by atoms with Gasteiger partial charge in [-0.3, -0.25) is 4.79 Å². The van der Waals surface area contributed by atoms with Crippen molar-refractivity contribution < 1.29 is 9.53 Å². The van der Waals surface area contributed by atoms with Gasteiger partial charge in [0.25, 0.3) is 6.47 Å². The van der Waals surface area contributed by atoms with Crippen LogP contribution in [0.3, 0.4) is 0 Å². The van der Waals surface area contributed by atoms with Gasteiger partial charge in [-0.1, -0.05) is 11.6 Å². The molecule has 0 N–H and O–H groups in total. The standard InChI is InChI=1S/C8H14O2/c1-4-7(2)5-8(3)10-6-9/h4,6,8H,5H2,1-3H3/b7-4+. The highest BCUT2D eigenvalue weighted by atomic mass is 16.5. The fraction of sp³-hybridized carbons (Fsp3) is 0.625. The topological polar surface area (TPSA) is 26.3 Å². The first-order valence-electron chi connectivity index (χ1n) is 3.41. The van der Waals surface area contributed by atoms with E-state index < -0.39 is 0 Å². The summed E-state index contributed by atoms with van der Waals surface area (Å²) >= 11 is 0. The monoisotopic (exact) mass is 142 g/mol. The van der Waals surface area contributed by atoms with Gasteiger partial charge in [-0.25, -0.2) is 0 Å². The Balaban J connectivity index is 3.56. The molecule has 0 rings (SSSR count). The van der Waals surface area contributed by atoms with Gasteiger partial charge in [-0.15, -0.1) is 0 Å². The Morgan fingerprint density at radius 2 is 2.30 bits per heavy atom. The molecule has 1 atom stereocenters. The zero-order valence-electron chi connectivity index (χ0n) is 6.76. The van der Waals surface area contributed by atoms with Crippen LogP contribution in [0, 0.1) is 0 Å². The van der Waals surface area contributed by atoms with Gasteiger partial charge in [-0.05, 0) is 20.8 Å². The highest BCUT2D eigenvalue weighted by Crippen LogP contribution is 2.05. The summed E-state index contributed by atoms with van der Waals surface area (Å²) in [7, 11) is 0. The predicted molar refractivity (Wildman–Crippen MR) is 40.7 cm³/mol. The lowest BCUT2D eigenvalue weighted by Crippen LogP contribution is -2.06. The van der Waals surface area contributed by atoms with Crippen molar-refractivity contribution in [2.24, 2.45) is 0 Å². The molecule has 0 saturated heterocycles. The summed E-state index contributed by atoms with van der Waals surface area (Å²) in [5.41, 5.74) is 1.24. The lowest BCUT2D eigenvalue weighted by molar-refractivity contribution is -0.132. The van der Waals surface area contributed by atoms with E-state index in [9.17, 15) is 4.79 Å². The maximum absolute atomic E-state index is 9.84. The van der Waals surface area contributed by atoms with Crippen molar-refractivity contribution in [1.82, 2.24) is 0 Å². The second-order valence-corrected chi connectivity index (χ2v) is 2.38. The quantitative estimate of drug-likeness (QED) is 0.442. The molecule has 2 heteroatoms. The van der Waals surface area contributed by atoms with E-state index in [0.717, 1.165) is 6.42 Å². The third-order valence-electron chi connectivity index (χ3n) is 1.39. The Morgan fingerprint density at radius 1 is 1.70 bits per heavy atom. The largest absolute Gasteiger partial charge is 0.465 e. The summed E-state index contributed by atoms with van der Waals surface area (Å²) < 4.78 is 4.69. The molecular formula is C8H14O2. The molecular weight excluding hydrogens is 128 g/mol. The molecule has 0 fully saturated rings. The maximum atomic E-state index is 9.84. The van der Waals surface area contributed by atoms with Crippen LogP contribution in [0.1, 0.15) is 27.2 Å². The molecule has 0 heterocycles. The second kappa shape index (κ2) is 5.03. The Hall–Kier alpha value is -0.790. The molecule has 2 nitrogen and oxygen atoms in total. The predicted octanol–water partition coefficient (Wildman–Crippen LogP) is 1.90. The summed E-state index contributed by atoms with van der Waals surface area (Å²) in [6, 6.07) is 0. The Kier molecular flexibility index (Phi) is 4.63. The molecule has 0 spiro atoms. The number of carbonyl (C=O) groups excluding carboxylic acids is 1. The summed E-state index contributed by atoms with van der Waals surface area (Å²) in [5.74, 6) is 0. The van der Waals surface area contributed by atoms with Crippen LogP contribution >= 0.6 is 0 Å². The van der Waals surface area contributed by atoms with Crippen molar-refractivity contribution in [1.29, 1.82) is 0 Å². The maximum Gasteiger partial charge on any atom is 0.293 e. The van der Waals surface area contributed by atoms with Gasteiger partial charge in [-0.2, -0.15) is 0 Å². The first-order valence-corrected chi connectivity index (χ1v) is 3.41. The highest BCUT2D eigenvalue weighted by Gasteiger charge is 2.00. The number of rotatable bonds is 4. The normalized spacial score (nSPS) is 14.5. The molecule has 1 unspecified atom stereocenters. The lowest BCUT2D eigenvalue weighted by atomic mass is 10.1. The van der Waals surface area contributed by atoms with Crippen LogP contribution in [0.4, 0.5) is 0 Å². The Bertz CT molecular complexity index is 127. The lowest BCUT2D eigenvalue weighted by Gasteiger charge is -2.08. The van der Waals surface area contributed by atoms with Crippen LogP contribution in [0.5, 0.6) is 0 Å². The van der Waals surface area contributed by atoms with Gasteiger partial charge in [0.1, 0.15) is 6.10 Å². The third-order valence-corrected chi connectivity index (χ3v) is 1.39. The van der Waals surface area contributed by atoms with Crippen molar-refractivity contribution in [3.05, 3.63) is 11.6 Å². The smallest absolute Gasteiger partial charge is 0.293 e. The zero-order valence-corrected chi connectivity index (χ0v) is 6.76. The van der Waals surface area contributed by atoms with E-state index >= 15 is 0 Å². The van der Waals surface area contributed by atoms with Crippen molar-refractivity contribution >= 4 is 6.47 Å². The van der Waals surface area contributed by atoms with Crippen molar-refractivity contribution in [3.63, 3.8) is 0 Å². The number of carbonyl (C=O) groups is 1. The molecule has 0 aromatic heterocycles. The summed E-state index contributed by atoms with van der Waals surface area (Å²) in [6.07, 6.45) is 2.86. The Morgan fingerprint density at radius 3 is 2.70 bits per heavy atom. The summed E-state index contributed by atoms with van der Waals surface area (Å²) in [5, 5.41) is 0. The van der Waals surface area contributed by atoms with Crippen LogP contribution in [0.15, 0.2) is 11.6 Å². The molecule has 0 bridgehead atoms. The van der Waals surface area contributed by atoms with Gasteiger partial charge < -0.3 is 4.74 Å². The SMILES string of the molecule is C/C=C(\C)CC(C)OC=O. The van der Waals surface area contributed by atoms with E-state index in [-0.39, 0.29) is 6.10 Å². The second-order valence-electron chi connectivity index (χ2n) is 2.38. The Labute approximate surface area is 61.9 Å². The zero-order chi connectivity index (χ0) is 7.98. The van der Waals surface area contributed by atoms with Crippen LogP contribution in [-0.2, 0) is 9.53 Å². The molecule has 0 aromatic rings. The first kappa shape index (κ1) is 9.21. The minimum absolute atomic E-state index is 0.00806. The van der Waals surface area contributed by atoms with Crippen molar-refractivity contribution in [2.75, 3.05) is 0 Å². The molecule has 0 radical (unpaired) electrons. The number of allylic oxidation sites excluding steroid dienone is 1. The number of hydrogen-bond acceptors (Lipinski definition) is 2. The molecule has 0 aliphatic rings. The van der Waals surface area contributed by atoms with Gasteiger partial charge in [0.05, 0.1) is 0 Å². The average Bonchev–Trinajstić information content (AvgIpc) is 1.88. The number of ether oxygens (including phenoxy) is 1. The van der Waals surface area contributed by atoms with E-state index in [1.54, 1.807) is 0 Å². The molecule has 0 aliphatic carbocycles. The van der Waals surface area contributed by atoms with Crippen LogP contribution < -0.4 is 0 Å². The number of hydrogen-bond donors (Lipinski definition) is 0. The van der Waals surface area contributed by atoms with Gasteiger partial charge in [0, 0.05) is 6.42 Å². The van der Waals surface area contributed by atoms with E-state index in [4.69, 9.17) is 4.74 Å². The fourth-order valence-electron chi connectivity index (χ4n) is 0.714. The summed E-state index contributed by atoms with van der Waals surface area (Å²) in [4.78, 5) is 9.84. The molecule has 0 saturated carbocycles. The van der Waals surface area contributed by atoms with E-state index in [1.807, 2.05) is 26.8 Å². The van der Waals surface area contributed by atoms with Crippen LogP contribution in [-0.4, -0.2) is 12.6 Å². The van der Waals surface area contributed by atoms with Gasteiger partial charge in [0.15, 0.2) is 0 Å². The third kappa shape index (κ3) is 4.13. The van der Waals surface area contributed by atoms with Gasteiger partial charge in [0.2, 0.25) is 0 Å². The summed E-state index contributed by atoms with van der Waals surface area (Å²) in [6.45, 7) is 6.36. The molecule has 0 aromatic carbocycles. The van der Waals surface area contributed by atoms with Gasteiger partial charge >= 0.3 is 0 Å². The van der Waals surface area contributed by atoms with E-state index in [2.05, 4.69) is 0 Å². The average molecular weight is 142 g/mol. The molecule has 0 aliphatic heterocycles. The van der Waals surface area contributed by atoms with Crippen LogP contribution in [0.25, 0.3) is 0 Å². The first-order chi connectivity index (χ1) is 4.70. The fourth-order valence-corrected chi connectivity index (χ4v) is 0.714. The molecule has 58 valence electrons. The minimum atomic E-state index is 0.00806. The van der Waals surface area contributed by atoms with Crippen molar-refractivity contribution in [3.8, 4) is 0 Å². The highest BCUT2D eigenvalue weighted by molar-refractivity contribution is 5.37. The van der Waals surface area contributed by atoms with Crippen LogP contribution in [0.2, 0.25) is 0 Å². The van der Waals surface area contributed by atoms with E-state index in [1.165, 1.54) is 5.57 Å².